The Labute approximate surface area is 215 Å². The number of carbonyl (C=O) groups is 1. The van der Waals surface area contributed by atoms with E-state index in [2.05, 4.69) is 34.1 Å². The number of hydrogen-bond acceptors (Lipinski definition) is 8. The fourth-order valence-corrected chi connectivity index (χ4v) is 3.96. The molecule has 0 amide bonds. The van der Waals surface area contributed by atoms with Crippen molar-refractivity contribution in [1.82, 2.24) is 25.1 Å². The van der Waals surface area contributed by atoms with Crippen LogP contribution in [0.25, 0.3) is 22.3 Å². The third-order valence-corrected chi connectivity index (χ3v) is 5.86. The van der Waals surface area contributed by atoms with Crippen LogP contribution in [-0.2, 0) is 11.3 Å². The summed E-state index contributed by atoms with van der Waals surface area (Å²) in [6, 6.07) is 12.2. The quantitative estimate of drug-likeness (QED) is 0.294. The van der Waals surface area contributed by atoms with Crippen molar-refractivity contribution in [3.63, 3.8) is 0 Å². The van der Waals surface area contributed by atoms with Crippen molar-refractivity contribution < 1.29 is 19.4 Å². The van der Waals surface area contributed by atoms with Crippen molar-refractivity contribution in [3.8, 4) is 22.8 Å². The summed E-state index contributed by atoms with van der Waals surface area (Å²) in [6.45, 7) is 6.02. The van der Waals surface area contributed by atoms with Crippen molar-refractivity contribution >= 4 is 28.4 Å². The predicted molar refractivity (Wildman–Crippen MR) is 143 cm³/mol. The summed E-state index contributed by atoms with van der Waals surface area (Å²) in [5, 5.41) is 16.7. The van der Waals surface area contributed by atoms with E-state index in [-0.39, 0.29) is 6.42 Å². The van der Waals surface area contributed by atoms with Gasteiger partial charge in [0.2, 0.25) is 0 Å². The van der Waals surface area contributed by atoms with Gasteiger partial charge in [0.1, 0.15) is 11.5 Å². The van der Waals surface area contributed by atoms with E-state index in [4.69, 9.17) is 19.6 Å². The third-order valence-electron chi connectivity index (χ3n) is 5.86. The zero-order valence-corrected chi connectivity index (χ0v) is 21.5. The smallest absolute Gasteiger partial charge is 0.305 e. The number of nitrogens with zero attached hydrogens (tertiary/aromatic N) is 5. The van der Waals surface area contributed by atoms with Gasteiger partial charge < -0.3 is 24.8 Å². The second kappa shape index (κ2) is 11.7. The van der Waals surface area contributed by atoms with E-state index >= 15 is 0 Å². The van der Waals surface area contributed by atoms with Crippen molar-refractivity contribution in [1.29, 1.82) is 0 Å². The van der Waals surface area contributed by atoms with Crippen molar-refractivity contribution in [3.05, 3.63) is 55.0 Å². The van der Waals surface area contributed by atoms with E-state index in [0.717, 1.165) is 34.5 Å². The molecule has 0 spiro atoms. The van der Waals surface area contributed by atoms with E-state index < -0.39 is 5.97 Å². The number of carboxylic acids is 1. The highest BCUT2D eigenvalue weighted by Crippen LogP contribution is 2.34. The second-order valence-corrected chi connectivity index (χ2v) is 8.90. The van der Waals surface area contributed by atoms with Crippen LogP contribution in [0.2, 0.25) is 0 Å². The normalized spacial score (nSPS) is 11.2. The standard InChI is InChI=1S/C27H32N6O4/c1-18(2)28-8-10-33(21-11-22(36-3)14-23(12-21)37-4)20-5-6-24-25(13-20)31-26(16-29-24)19-15-30-32(17-19)9-7-27(34)35/h5-6,11-18,28H,7-10H2,1-4H3,(H,34,35). The Morgan fingerprint density at radius 3 is 2.49 bits per heavy atom. The number of anilines is 2. The molecular weight excluding hydrogens is 472 g/mol. The van der Waals surface area contributed by atoms with Gasteiger partial charge in [0, 0.05) is 60.5 Å². The fourth-order valence-electron chi connectivity index (χ4n) is 3.96. The molecule has 2 heterocycles. The molecule has 2 aromatic heterocycles. The van der Waals surface area contributed by atoms with Crippen LogP contribution in [-0.4, -0.2) is 64.2 Å². The minimum absolute atomic E-state index is 0.00440. The molecular formula is C27H32N6O4. The number of aryl methyl sites for hydroxylation is 1. The van der Waals surface area contributed by atoms with Crippen LogP contribution in [0, 0.1) is 0 Å². The summed E-state index contributed by atoms with van der Waals surface area (Å²) >= 11 is 0. The molecule has 37 heavy (non-hydrogen) atoms. The number of aliphatic carboxylic acids is 1. The highest BCUT2D eigenvalue weighted by molar-refractivity contribution is 5.82. The first-order valence-electron chi connectivity index (χ1n) is 12.1. The van der Waals surface area contributed by atoms with Gasteiger partial charge >= 0.3 is 5.97 Å². The number of carboxylic acid groups (broad SMARTS) is 1. The van der Waals surface area contributed by atoms with Gasteiger partial charge in [-0.3, -0.25) is 14.5 Å². The van der Waals surface area contributed by atoms with Crippen LogP contribution in [0.15, 0.2) is 55.0 Å². The first kappa shape index (κ1) is 25.9. The Hall–Kier alpha value is -4.18. The van der Waals surface area contributed by atoms with Gasteiger partial charge in [0.05, 0.1) is 56.3 Å². The largest absolute Gasteiger partial charge is 0.497 e. The van der Waals surface area contributed by atoms with E-state index in [0.29, 0.717) is 36.3 Å². The van der Waals surface area contributed by atoms with Gasteiger partial charge in [-0.05, 0) is 18.2 Å². The molecule has 0 bridgehead atoms. The molecule has 10 heteroatoms. The van der Waals surface area contributed by atoms with Crippen LogP contribution in [0.1, 0.15) is 20.3 Å². The first-order chi connectivity index (χ1) is 17.9. The molecule has 0 saturated heterocycles. The average molecular weight is 505 g/mol. The molecule has 0 unspecified atom stereocenters. The first-order valence-corrected chi connectivity index (χ1v) is 12.1. The molecule has 4 rings (SSSR count). The lowest BCUT2D eigenvalue weighted by molar-refractivity contribution is -0.137. The molecule has 2 N–H and O–H groups in total. The number of fused-ring (bicyclic) bond motifs is 1. The Morgan fingerprint density at radius 1 is 1.05 bits per heavy atom. The molecule has 0 aliphatic rings. The van der Waals surface area contributed by atoms with E-state index in [1.165, 1.54) is 0 Å². The zero-order valence-electron chi connectivity index (χ0n) is 21.5. The van der Waals surface area contributed by atoms with Crippen LogP contribution in [0.3, 0.4) is 0 Å². The van der Waals surface area contributed by atoms with Crippen LogP contribution >= 0.6 is 0 Å². The molecule has 10 nitrogen and oxygen atoms in total. The molecule has 0 aliphatic carbocycles. The maximum Gasteiger partial charge on any atom is 0.305 e. The maximum absolute atomic E-state index is 10.9. The SMILES string of the molecule is COc1cc(OC)cc(N(CCNC(C)C)c2ccc3ncc(-c4cnn(CCC(=O)O)c4)nc3c2)c1. The lowest BCUT2D eigenvalue weighted by atomic mass is 10.2. The Morgan fingerprint density at radius 2 is 1.81 bits per heavy atom. The van der Waals surface area contributed by atoms with Crippen LogP contribution < -0.4 is 19.7 Å². The highest BCUT2D eigenvalue weighted by Gasteiger charge is 2.15. The number of hydrogen-bond donors (Lipinski definition) is 2. The fraction of sp³-hybridized carbons (Fsp3) is 0.333. The number of methoxy groups -OCH3 is 2. The molecule has 0 atom stereocenters. The summed E-state index contributed by atoms with van der Waals surface area (Å²) in [5.74, 6) is 0.551. The molecule has 0 saturated carbocycles. The van der Waals surface area contributed by atoms with Gasteiger partial charge in [-0.15, -0.1) is 0 Å². The summed E-state index contributed by atoms with van der Waals surface area (Å²) in [5.41, 5.74) is 4.85. The lowest BCUT2D eigenvalue weighted by Gasteiger charge is -2.27. The van der Waals surface area contributed by atoms with Gasteiger partial charge in [0.25, 0.3) is 0 Å². The van der Waals surface area contributed by atoms with E-state index in [1.807, 2.05) is 36.4 Å². The Kier molecular flexibility index (Phi) is 8.19. The minimum atomic E-state index is -0.864. The van der Waals surface area contributed by atoms with Gasteiger partial charge in [-0.2, -0.15) is 5.10 Å². The lowest BCUT2D eigenvalue weighted by Crippen LogP contribution is -2.32. The zero-order chi connectivity index (χ0) is 26.4. The number of benzene rings is 2. The molecule has 4 aromatic rings. The number of nitrogens with one attached hydrogen (secondary N) is 1. The molecule has 194 valence electrons. The summed E-state index contributed by atoms with van der Waals surface area (Å²) in [4.78, 5) is 22.5. The topological polar surface area (TPSA) is 115 Å². The van der Waals surface area contributed by atoms with E-state index in [9.17, 15) is 4.79 Å². The molecule has 0 fully saturated rings. The van der Waals surface area contributed by atoms with Crippen LogP contribution in [0.4, 0.5) is 11.4 Å². The highest BCUT2D eigenvalue weighted by atomic mass is 16.5. The number of aromatic nitrogens is 4. The molecule has 0 radical (unpaired) electrons. The second-order valence-electron chi connectivity index (χ2n) is 8.90. The monoisotopic (exact) mass is 504 g/mol. The summed E-state index contributed by atoms with van der Waals surface area (Å²) in [6.07, 6.45) is 5.17. The van der Waals surface area contributed by atoms with Gasteiger partial charge in [-0.25, -0.2) is 4.98 Å². The molecule has 0 aliphatic heterocycles. The van der Waals surface area contributed by atoms with Crippen molar-refractivity contribution in [2.24, 2.45) is 0 Å². The van der Waals surface area contributed by atoms with Gasteiger partial charge in [0.15, 0.2) is 0 Å². The Bertz CT molecular complexity index is 1350. The molecule has 2 aromatic carbocycles. The summed E-state index contributed by atoms with van der Waals surface area (Å²) < 4.78 is 12.6. The van der Waals surface area contributed by atoms with Crippen molar-refractivity contribution in [2.45, 2.75) is 32.9 Å². The average Bonchev–Trinajstić information content (AvgIpc) is 3.38. The van der Waals surface area contributed by atoms with Crippen LogP contribution in [0.5, 0.6) is 11.5 Å². The van der Waals surface area contributed by atoms with E-state index in [1.54, 1.807) is 37.5 Å². The number of ether oxygens (including phenoxy) is 2. The predicted octanol–water partition coefficient (Wildman–Crippen LogP) is 4.12. The third kappa shape index (κ3) is 6.53. The minimum Gasteiger partial charge on any atom is -0.497 e. The number of rotatable bonds is 12. The van der Waals surface area contributed by atoms with Crippen molar-refractivity contribution in [2.75, 3.05) is 32.2 Å². The maximum atomic E-state index is 10.9. The Balaban J connectivity index is 1.69. The summed E-state index contributed by atoms with van der Waals surface area (Å²) in [7, 11) is 3.28. The van der Waals surface area contributed by atoms with Gasteiger partial charge in [-0.1, -0.05) is 13.8 Å².